The minimum Gasteiger partial charge on any atom is -0.379 e. The fourth-order valence-electron chi connectivity index (χ4n) is 1.86. The number of hydrogen-bond acceptors (Lipinski definition) is 2. The van der Waals surface area contributed by atoms with E-state index >= 15 is 0 Å². The highest BCUT2D eigenvalue weighted by Gasteiger charge is 2.17. The molecule has 4 heteroatoms. The van der Waals surface area contributed by atoms with E-state index in [4.69, 9.17) is 4.74 Å². The van der Waals surface area contributed by atoms with Crippen LogP contribution < -0.4 is 10.6 Å². The summed E-state index contributed by atoms with van der Waals surface area (Å²) in [5, 5.41) is 5.77. The molecule has 1 fully saturated rings. The molecular weight excluding hydrogens is 216 g/mol. The van der Waals surface area contributed by atoms with Crippen LogP contribution in [0.25, 0.3) is 0 Å². The molecule has 2 amide bonds. The summed E-state index contributed by atoms with van der Waals surface area (Å²) in [7, 11) is 0. The molecule has 0 radical (unpaired) electrons. The molecule has 0 spiro atoms. The molecular formula is C13H18N2O2. The number of hydrogen-bond donors (Lipinski definition) is 2. The van der Waals surface area contributed by atoms with Gasteiger partial charge in [0.05, 0.1) is 12.6 Å². The van der Waals surface area contributed by atoms with Crippen LogP contribution in [0.3, 0.4) is 0 Å². The number of amides is 2. The minimum absolute atomic E-state index is 0.139. The summed E-state index contributed by atoms with van der Waals surface area (Å²) in [4.78, 5) is 11.8. The quantitative estimate of drug-likeness (QED) is 0.824. The van der Waals surface area contributed by atoms with Crippen molar-refractivity contribution in [1.82, 2.24) is 5.32 Å². The van der Waals surface area contributed by atoms with Gasteiger partial charge in [0.25, 0.3) is 0 Å². The maximum atomic E-state index is 11.8. The summed E-state index contributed by atoms with van der Waals surface area (Å²) in [6, 6.07) is 5.99. The Kier molecular flexibility index (Phi) is 3.64. The standard InChI is InChI=1S/C13H18N2O2/c1-9-3-4-10(2)12(7-9)15-13(16)14-11-5-6-17-8-11/h3-4,7,11H,5-6,8H2,1-2H3,(H2,14,15,16). The van der Waals surface area contributed by atoms with Crippen LogP contribution in [-0.2, 0) is 4.74 Å². The first-order chi connectivity index (χ1) is 8.15. The number of aryl methyl sites for hydroxylation is 2. The Hall–Kier alpha value is -1.55. The molecule has 0 saturated carbocycles. The lowest BCUT2D eigenvalue weighted by atomic mass is 10.1. The summed E-state index contributed by atoms with van der Waals surface area (Å²) in [5.41, 5.74) is 3.06. The van der Waals surface area contributed by atoms with E-state index in [0.717, 1.165) is 29.8 Å². The van der Waals surface area contributed by atoms with E-state index < -0.39 is 0 Å². The lowest BCUT2D eigenvalue weighted by Crippen LogP contribution is -2.38. The maximum absolute atomic E-state index is 11.8. The molecule has 1 aromatic carbocycles. The number of anilines is 1. The van der Waals surface area contributed by atoms with Gasteiger partial charge in [-0.05, 0) is 37.5 Å². The van der Waals surface area contributed by atoms with E-state index in [1.165, 1.54) is 0 Å². The van der Waals surface area contributed by atoms with Gasteiger partial charge >= 0.3 is 6.03 Å². The van der Waals surface area contributed by atoms with Crippen LogP contribution in [0.2, 0.25) is 0 Å². The highest BCUT2D eigenvalue weighted by Crippen LogP contribution is 2.16. The van der Waals surface area contributed by atoms with Crippen molar-refractivity contribution in [2.24, 2.45) is 0 Å². The van der Waals surface area contributed by atoms with Crippen LogP contribution in [0.1, 0.15) is 17.5 Å². The topological polar surface area (TPSA) is 50.4 Å². The van der Waals surface area contributed by atoms with Crippen molar-refractivity contribution < 1.29 is 9.53 Å². The smallest absolute Gasteiger partial charge is 0.319 e. The van der Waals surface area contributed by atoms with Crippen LogP contribution in [-0.4, -0.2) is 25.3 Å². The van der Waals surface area contributed by atoms with Crippen molar-refractivity contribution in [2.45, 2.75) is 26.3 Å². The summed E-state index contributed by atoms with van der Waals surface area (Å²) in [6.45, 7) is 5.33. The summed E-state index contributed by atoms with van der Waals surface area (Å²) in [5.74, 6) is 0. The molecule has 92 valence electrons. The molecule has 1 aliphatic rings. The predicted molar refractivity (Wildman–Crippen MR) is 67.3 cm³/mol. The van der Waals surface area contributed by atoms with Crippen molar-refractivity contribution in [1.29, 1.82) is 0 Å². The first-order valence-electron chi connectivity index (χ1n) is 5.87. The molecule has 2 rings (SSSR count). The molecule has 1 heterocycles. The minimum atomic E-state index is -0.158. The van der Waals surface area contributed by atoms with Crippen LogP contribution in [0, 0.1) is 13.8 Å². The second-order valence-electron chi connectivity index (χ2n) is 4.48. The predicted octanol–water partition coefficient (Wildman–Crippen LogP) is 2.21. The number of urea groups is 1. The van der Waals surface area contributed by atoms with Gasteiger partial charge in [-0.15, -0.1) is 0 Å². The van der Waals surface area contributed by atoms with Gasteiger partial charge in [-0.2, -0.15) is 0 Å². The molecule has 1 aliphatic heterocycles. The monoisotopic (exact) mass is 234 g/mol. The largest absolute Gasteiger partial charge is 0.379 e. The lowest BCUT2D eigenvalue weighted by Gasteiger charge is -2.13. The number of benzene rings is 1. The van der Waals surface area contributed by atoms with Crippen molar-refractivity contribution in [3.8, 4) is 0 Å². The van der Waals surface area contributed by atoms with Gasteiger partial charge in [0.2, 0.25) is 0 Å². The maximum Gasteiger partial charge on any atom is 0.319 e. The molecule has 17 heavy (non-hydrogen) atoms. The number of carbonyl (C=O) groups excluding carboxylic acids is 1. The molecule has 0 aromatic heterocycles. The Bertz CT molecular complexity index is 412. The highest BCUT2D eigenvalue weighted by molar-refractivity contribution is 5.90. The zero-order valence-corrected chi connectivity index (χ0v) is 10.2. The SMILES string of the molecule is Cc1ccc(C)c(NC(=O)NC2CCOC2)c1. The first kappa shape index (κ1) is 11.9. The van der Waals surface area contributed by atoms with Crippen LogP contribution in [0.5, 0.6) is 0 Å². The van der Waals surface area contributed by atoms with E-state index in [-0.39, 0.29) is 12.1 Å². The number of rotatable bonds is 2. The molecule has 2 N–H and O–H groups in total. The Labute approximate surface area is 101 Å². The Balaban J connectivity index is 1.95. The molecule has 0 bridgehead atoms. The van der Waals surface area contributed by atoms with Crippen molar-refractivity contribution >= 4 is 11.7 Å². The Morgan fingerprint density at radius 3 is 2.94 bits per heavy atom. The average Bonchev–Trinajstić information content (AvgIpc) is 2.76. The van der Waals surface area contributed by atoms with Gasteiger partial charge in [0.15, 0.2) is 0 Å². The molecule has 1 atom stereocenters. The number of nitrogens with one attached hydrogen (secondary N) is 2. The van der Waals surface area contributed by atoms with Gasteiger partial charge in [-0.1, -0.05) is 12.1 Å². The van der Waals surface area contributed by atoms with Gasteiger partial charge in [0, 0.05) is 12.3 Å². The second kappa shape index (κ2) is 5.19. The van der Waals surface area contributed by atoms with Gasteiger partial charge in [-0.3, -0.25) is 0 Å². The molecule has 1 saturated heterocycles. The average molecular weight is 234 g/mol. The van der Waals surface area contributed by atoms with E-state index in [2.05, 4.69) is 10.6 Å². The van der Waals surface area contributed by atoms with E-state index in [1.54, 1.807) is 0 Å². The van der Waals surface area contributed by atoms with Gasteiger partial charge in [-0.25, -0.2) is 4.79 Å². The number of ether oxygens (including phenoxy) is 1. The third-order valence-corrected chi connectivity index (χ3v) is 2.91. The normalized spacial score (nSPS) is 19.1. The number of carbonyl (C=O) groups is 1. The first-order valence-corrected chi connectivity index (χ1v) is 5.87. The fourth-order valence-corrected chi connectivity index (χ4v) is 1.86. The van der Waals surface area contributed by atoms with Crippen molar-refractivity contribution in [3.05, 3.63) is 29.3 Å². The van der Waals surface area contributed by atoms with Crippen LogP contribution >= 0.6 is 0 Å². The summed E-state index contributed by atoms with van der Waals surface area (Å²) >= 11 is 0. The third-order valence-electron chi connectivity index (χ3n) is 2.91. The third kappa shape index (κ3) is 3.20. The van der Waals surface area contributed by atoms with Gasteiger partial charge < -0.3 is 15.4 Å². The molecule has 0 aliphatic carbocycles. The van der Waals surface area contributed by atoms with Crippen LogP contribution in [0.15, 0.2) is 18.2 Å². The van der Waals surface area contributed by atoms with Crippen LogP contribution in [0.4, 0.5) is 10.5 Å². The van der Waals surface area contributed by atoms with E-state index in [0.29, 0.717) is 6.61 Å². The summed E-state index contributed by atoms with van der Waals surface area (Å²) < 4.78 is 5.21. The molecule has 1 aromatic rings. The Morgan fingerprint density at radius 2 is 2.24 bits per heavy atom. The van der Waals surface area contributed by atoms with E-state index in [9.17, 15) is 4.79 Å². The zero-order chi connectivity index (χ0) is 12.3. The second-order valence-corrected chi connectivity index (χ2v) is 4.48. The fraction of sp³-hybridized carbons (Fsp3) is 0.462. The molecule has 4 nitrogen and oxygen atoms in total. The van der Waals surface area contributed by atoms with Crippen molar-refractivity contribution in [2.75, 3.05) is 18.5 Å². The zero-order valence-electron chi connectivity index (χ0n) is 10.2. The molecule has 1 unspecified atom stereocenters. The van der Waals surface area contributed by atoms with E-state index in [1.807, 2.05) is 32.0 Å². The summed E-state index contributed by atoms with van der Waals surface area (Å²) in [6.07, 6.45) is 0.889. The lowest BCUT2D eigenvalue weighted by molar-refractivity contribution is 0.189. The highest BCUT2D eigenvalue weighted by atomic mass is 16.5. The Morgan fingerprint density at radius 1 is 1.41 bits per heavy atom. The van der Waals surface area contributed by atoms with Gasteiger partial charge in [0.1, 0.15) is 0 Å². The van der Waals surface area contributed by atoms with Crippen molar-refractivity contribution in [3.63, 3.8) is 0 Å².